The van der Waals surface area contributed by atoms with Crippen molar-refractivity contribution in [2.45, 2.75) is 38.6 Å². The largest absolute Gasteiger partial charge is 0.326 e. The molecule has 1 aromatic carbocycles. The fraction of sp³-hybridized carbons (Fsp3) is 0.412. The molecule has 0 atom stereocenters. The third kappa shape index (κ3) is 4.26. The number of hydrogen-bond donors (Lipinski definition) is 1. The second-order valence-corrected chi connectivity index (χ2v) is 8.26. The van der Waals surface area contributed by atoms with Gasteiger partial charge in [-0.1, -0.05) is 17.7 Å². The lowest BCUT2D eigenvalue weighted by atomic mass is 10.2. The monoisotopic (exact) mass is 364 g/mol. The highest BCUT2D eigenvalue weighted by molar-refractivity contribution is 7.89. The van der Waals surface area contributed by atoms with E-state index in [4.69, 9.17) is 0 Å². The van der Waals surface area contributed by atoms with E-state index in [2.05, 4.69) is 10.4 Å². The molecule has 7 nitrogen and oxygen atoms in total. The smallest absolute Gasteiger partial charge is 0.246 e. The number of aromatic nitrogens is 2. The zero-order valence-electron chi connectivity index (χ0n) is 15.2. The van der Waals surface area contributed by atoms with Crippen molar-refractivity contribution in [3.8, 4) is 0 Å². The molecule has 0 radical (unpaired) electrons. The van der Waals surface area contributed by atoms with Crippen LogP contribution in [0.25, 0.3) is 0 Å². The van der Waals surface area contributed by atoms with Gasteiger partial charge >= 0.3 is 0 Å². The first-order chi connectivity index (χ1) is 11.6. The van der Waals surface area contributed by atoms with Gasteiger partial charge in [-0.3, -0.25) is 9.48 Å². The summed E-state index contributed by atoms with van der Waals surface area (Å²) in [6.45, 7) is 5.65. The Morgan fingerprint density at radius 1 is 1.16 bits per heavy atom. The lowest BCUT2D eigenvalue weighted by Crippen LogP contribution is -2.23. The van der Waals surface area contributed by atoms with E-state index in [1.54, 1.807) is 18.5 Å². The summed E-state index contributed by atoms with van der Waals surface area (Å²) in [5.41, 5.74) is 2.83. The Labute approximate surface area is 148 Å². The predicted octanol–water partition coefficient (Wildman–Crippen LogP) is 2.09. The maximum absolute atomic E-state index is 12.4. The summed E-state index contributed by atoms with van der Waals surface area (Å²) in [5.74, 6) is -0.145. The lowest BCUT2D eigenvalue weighted by Gasteiger charge is -2.12. The Balaban J connectivity index is 2.09. The van der Waals surface area contributed by atoms with Crippen molar-refractivity contribution in [2.24, 2.45) is 0 Å². The number of amides is 1. The SMILES string of the molecule is Cc1ccc(NC(=O)CCn2nc(C)c(S(=O)(=O)N(C)C)c2C)cc1. The van der Waals surface area contributed by atoms with Crippen molar-refractivity contribution in [2.75, 3.05) is 19.4 Å². The number of carbonyl (C=O) groups is 1. The van der Waals surface area contributed by atoms with Crippen LogP contribution in [0.3, 0.4) is 0 Å². The summed E-state index contributed by atoms with van der Waals surface area (Å²) >= 11 is 0. The number of benzene rings is 1. The van der Waals surface area contributed by atoms with Crippen LogP contribution in [0, 0.1) is 20.8 Å². The summed E-state index contributed by atoms with van der Waals surface area (Å²) in [7, 11) is -0.586. The molecule has 8 heteroatoms. The molecule has 1 N–H and O–H groups in total. The molecule has 0 aliphatic heterocycles. The molecule has 1 amide bonds. The predicted molar refractivity (Wildman–Crippen MR) is 97.0 cm³/mol. The maximum atomic E-state index is 12.4. The molecule has 136 valence electrons. The number of rotatable bonds is 6. The molecule has 2 rings (SSSR count). The van der Waals surface area contributed by atoms with Crippen LogP contribution in [0.4, 0.5) is 5.69 Å². The maximum Gasteiger partial charge on any atom is 0.246 e. The van der Waals surface area contributed by atoms with Crippen molar-refractivity contribution in [1.29, 1.82) is 0 Å². The van der Waals surface area contributed by atoms with Gasteiger partial charge in [0.2, 0.25) is 15.9 Å². The summed E-state index contributed by atoms with van der Waals surface area (Å²) in [5, 5.41) is 7.10. The number of aryl methyl sites for hydroxylation is 3. The standard InChI is InChI=1S/C17H24N4O3S/c1-12-6-8-15(9-7-12)18-16(22)10-11-21-14(3)17(13(2)19-21)25(23,24)20(4)5/h6-9H,10-11H2,1-5H3,(H,18,22). The Morgan fingerprint density at radius 3 is 2.32 bits per heavy atom. The van der Waals surface area contributed by atoms with Crippen LogP contribution in [0.1, 0.15) is 23.4 Å². The quantitative estimate of drug-likeness (QED) is 0.851. The van der Waals surface area contributed by atoms with E-state index >= 15 is 0 Å². The van der Waals surface area contributed by atoms with E-state index < -0.39 is 10.0 Å². The first-order valence-electron chi connectivity index (χ1n) is 7.96. The second-order valence-electron chi connectivity index (χ2n) is 6.17. The second kappa shape index (κ2) is 7.37. The van der Waals surface area contributed by atoms with Crippen molar-refractivity contribution in [3.05, 3.63) is 41.2 Å². The zero-order chi connectivity index (χ0) is 18.8. The summed E-state index contributed by atoms with van der Waals surface area (Å²) < 4.78 is 27.5. The molecule has 0 aliphatic rings. The number of nitrogens with zero attached hydrogens (tertiary/aromatic N) is 3. The van der Waals surface area contributed by atoms with Gasteiger partial charge in [0.05, 0.1) is 17.9 Å². The summed E-state index contributed by atoms with van der Waals surface area (Å²) in [4.78, 5) is 12.3. The van der Waals surface area contributed by atoms with E-state index in [0.717, 1.165) is 11.3 Å². The fourth-order valence-corrected chi connectivity index (χ4v) is 3.78. The number of carbonyl (C=O) groups excluding carboxylic acids is 1. The molecular weight excluding hydrogens is 340 g/mol. The molecule has 0 unspecified atom stereocenters. The van der Waals surface area contributed by atoms with Crippen molar-refractivity contribution < 1.29 is 13.2 Å². The average molecular weight is 364 g/mol. The molecule has 2 aromatic rings. The summed E-state index contributed by atoms with van der Waals surface area (Å²) in [6, 6.07) is 7.54. The van der Waals surface area contributed by atoms with Crippen molar-refractivity contribution in [3.63, 3.8) is 0 Å². The normalized spacial score (nSPS) is 11.8. The molecule has 25 heavy (non-hydrogen) atoms. The zero-order valence-corrected chi connectivity index (χ0v) is 16.0. The van der Waals surface area contributed by atoms with Gasteiger partial charge in [-0.25, -0.2) is 12.7 Å². The van der Waals surface area contributed by atoms with E-state index in [1.807, 2.05) is 31.2 Å². The number of anilines is 1. The van der Waals surface area contributed by atoms with E-state index in [9.17, 15) is 13.2 Å². The topological polar surface area (TPSA) is 84.3 Å². The lowest BCUT2D eigenvalue weighted by molar-refractivity contribution is -0.116. The first kappa shape index (κ1) is 19.1. The highest BCUT2D eigenvalue weighted by atomic mass is 32.2. The van der Waals surface area contributed by atoms with Crippen molar-refractivity contribution >= 4 is 21.6 Å². The Bertz CT molecular complexity index is 868. The Morgan fingerprint density at radius 2 is 1.76 bits per heavy atom. The molecule has 0 saturated carbocycles. The van der Waals surface area contributed by atoms with Gasteiger partial charge < -0.3 is 5.32 Å². The van der Waals surface area contributed by atoms with Crippen LogP contribution in [-0.2, 0) is 21.4 Å². The van der Waals surface area contributed by atoms with Crippen LogP contribution < -0.4 is 5.32 Å². The molecule has 0 bridgehead atoms. The Kier molecular flexibility index (Phi) is 5.64. The van der Waals surface area contributed by atoms with Gasteiger partial charge in [-0.15, -0.1) is 0 Å². The van der Waals surface area contributed by atoms with E-state index in [1.165, 1.54) is 18.4 Å². The minimum atomic E-state index is -3.56. The first-order valence-corrected chi connectivity index (χ1v) is 9.40. The van der Waals surface area contributed by atoms with Gasteiger partial charge in [-0.05, 0) is 32.9 Å². The number of hydrogen-bond acceptors (Lipinski definition) is 4. The molecule has 0 fully saturated rings. The molecule has 0 saturated heterocycles. The third-order valence-corrected chi connectivity index (χ3v) is 6.01. The van der Waals surface area contributed by atoms with Gasteiger partial charge in [0.25, 0.3) is 0 Å². The van der Waals surface area contributed by atoms with E-state index in [-0.39, 0.29) is 17.2 Å². The highest BCUT2D eigenvalue weighted by Crippen LogP contribution is 2.22. The number of nitrogens with one attached hydrogen (secondary N) is 1. The average Bonchev–Trinajstić information content (AvgIpc) is 2.82. The van der Waals surface area contributed by atoms with Gasteiger partial charge in [0.1, 0.15) is 4.90 Å². The van der Waals surface area contributed by atoms with Crippen LogP contribution in [-0.4, -0.2) is 42.5 Å². The van der Waals surface area contributed by atoms with Gasteiger partial charge in [-0.2, -0.15) is 5.10 Å². The van der Waals surface area contributed by atoms with Crippen LogP contribution in [0.15, 0.2) is 29.2 Å². The molecule has 0 aliphatic carbocycles. The fourth-order valence-electron chi connectivity index (χ4n) is 2.52. The minimum absolute atomic E-state index is 0.145. The minimum Gasteiger partial charge on any atom is -0.326 e. The highest BCUT2D eigenvalue weighted by Gasteiger charge is 2.26. The van der Waals surface area contributed by atoms with Gasteiger partial charge in [0, 0.05) is 26.2 Å². The molecule has 0 spiro atoms. The molecule has 1 aromatic heterocycles. The van der Waals surface area contributed by atoms with Crippen LogP contribution >= 0.6 is 0 Å². The number of sulfonamides is 1. The van der Waals surface area contributed by atoms with Crippen molar-refractivity contribution in [1.82, 2.24) is 14.1 Å². The molecular formula is C17H24N4O3S. The molecule has 1 heterocycles. The van der Waals surface area contributed by atoms with E-state index in [0.29, 0.717) is 17.9 Å². The van der Waals surface area contributed by atoms with Crippen LogP contribution in [0.2, 0.25) is 0 Å². The van der Waals surface area contributed by atoms with Crippen LogP contribution in [0.5, 0.6) is 0 Å². The Hall–Kier alpha value is -2.19. The van der Waals surface area contributed by atoms with Gasteiger partial charge in [0.15, 0.2) is 0 Å². The summed E-state index contributed by atoms with van der Waals surface area (Å²) in [6.07, 6.45) is 0.206. The third-order valence-electron chi connectivity index (χ3n) is 3.94.